The van der Waals surface area contributed by atoms with Crippen LogP contribution in [-0.4, -0.2) is 47.1 Å². The summed E-state index contributed by atoms with van der Waals surface area (Å²) < 4.78 is 31.4. The van der Waals surface area contributed by atoms with Crippen LogP contribution in [0.1, 0.15) is 41.4 Å². The highest BCUT2D eigenvalue weighted by Crippen LogP contribution is 2.49. The van der Waals surface area contributed by atoms with Crippen LogP contribution < -0.4 is 0 Å². The summed E-state index contributed by atoms with van der Waals surface area (Å²) in [5, 5.41) is -1.38. The molecule has 0 spiro atoms. The van der Waals surface area contributed by atoms with Crippen LogP contribution in [0, 0.1) is 0 Å². The lowest BCUT2D eigenvalue weighted by atomic mass is 9.94. The summed E-state index contributed by atoms with van der Waals surface area (Å²) in [4.78, 5) is 40.5. The minimum absolute atomic E-state index is 0.139. The van der Waals surface area contributed by atoms with E-state index in [0.717, 1.165) is 11.0 Å². The molecule has 2 fully saturated rings. The molecule has 0 aliphatic carbocycles. The van der Waals surface area contributed by atoms with Crippen LogP contribution in [0.25, 0.3) is 0 Å². The maximum Gasteiger partial charge on any atom is 0.331 e. The molecule has 2 heterocycles. The SMILES string of the molecule is CC1(C)[C@H](C(=O)OC(c2ccccc2)c2ccccc2)N2C(=O)/C(=C/C(=O)c3ccccc3)[C@H]2S1(=O)=O. The highest BCUT2D eigenvalue weighted by molar-refractivity contribution is 7.94. The van der Waals surface area contributed by atoms with Gasteiger partial charge in [0.15, 0.2) is 33.1 Å². The van der Waals surface area contributed by atoms with Crippen molar-refractivity contribution in [3.63, 3.8) is 0 Å². The van der Waals surface area contributed by atoms with Gasteiger partial charge in [-0.15, -0.1) is 0 Å². The predicted molar refractivity (Wildman–Crippen MR) is 137 cm³/mol. The first-order valence-corrected chi connectivity index (χ1v) is 13.4. The van der Waals surface area contributed by atoms with Crippen molar-refractivity contribution >= 4 is 27.5 Å². The molecule has 3 aromatic carbocycles. The van der Waals surface area contributed by atoms with Crippen molar-refractivity contribution in [1.29, 1.82) is 0 Å². The molecule has 37 heavy (non-hydrogen) atoms. The van der Waals surface area contributed by atoms with E-state index in [9.17, 15) is 22.8 Å². The molecule has 5 rings (SSSR count). The van der Waals surface area contributed by atoms with Gasteiger partial charge in [0.1, 0.15) is 4.75 Å². The molecule has 0 aromatic heterocycles. The number of rotatable bonds is 6. The Morgan fingerprint density at radius 1 is 0.865 bits per heavy atom. The summed E-state index contributed by atoms with van der Waals surface area (Å²) in [5.74, 6) is -1.97. The van der Waals surface area contributed by atoms with Crippen molar-refractivity contribution in [2.75, 3.05) is 0 Å². The Labute approximate surface area is 215 Å². The highest BCUT2D eigenvalue weighted by Gasteiger charge is 2.70. The maximum absolute atomic E-state index is 13.6. The van der Waals surface area contributed by atoms with Gasteiger partial charge in [0.05, 0.1) is 5.57 Å². The summed E-state index contributed by atoms with van der Waals surface area (Å²) in [6.45, 7) is 2.83. The van der Waals surface area contributed by atoms with Crippen LogP contribution >= 0.6 is 0 Å². The van der Waals surface area contributed by atoms with E-state index in [0.29, 0.717) is 16.7 Å². The van der Waals surface area contributed by atoms with Crippen LogP contribution in [0.2, 0.25) is 0 Å². The summed E-state index contributed by atoms with van der Waals surface area (Å²) >= 11 is 0. The Bertz CT molecular complexity index is 1460. The molecule has 2 atom stereocenters. The molecular weight excluding hydrogens is 490 g/mol. The standard InChI is InChI=1S/C29H25NO6S/c1-29(2)25(28(33)36-24(20-14-8-4-9-15-20)21-16-10-5-11-17-21)30-26(32)22(27(30)37(29,34)35)18-23(31)19-12-6-3-7-13-19/h3-18,24-25,27H,1-2H3/b22-18-/t25-,27+/m0/s1. The number of ketones is 1. The lowest BCUT2D eigenvalue weighted by Crippen LogP contribution is -2.59. The fraction of sp³-hybridized carbons (Fsp3) is 0.207. The fourth-order valence-corrected chi connectivity index (χ4v) is 7.03. The zero-order valence-corrected chi connectivity index (χ0v) is 21.1. The smallest absolute Gasteiger partial charge is 0.331 e. The van der Waals surface area contributed by atoms with Gasteiger partial charge < -0.3 is 9.64 Å². The fourth-order valence-electron chi connectivity index (χ4n) is 4.91. The van der Waals surface area contributed by atoms with E-state index in [1.54, 1.807) is 30.3 Å². The molecule has 0 radical (unpaired) electrons. The number of benzene rings is 3. The monoisotopic (exact) mass is 515 g/mol. The normalized spacial score (nSPS) is 22.4. The van der Waals surface area contributed by atoms with Gasteiger partial charge in [-0.1, -0.05) is 91.0 Å². The maximum atomic E-state index is 13.6. The number of hydrogen-bond acceptors (Lipinski definition) is 6. The molecular formula is C29H25NO6S. The van der Waals surface area contributed by atoms with E-state index in [-0.39, 0.29) is 5.57 Å². The second-order valence-corrected chi connectivity index (χ2v) is 12.2. The van der Waals surface area contributed by atoms with Crippen molar-refractivity contribution in [1.82, 2.24) is 4.90 Å². The zero-order chi connectivity index (χ0) is 26.4. The van der Waals surface area contributed by atoms with Crippen molar-refractivity contribution in [3.8, 4) is 0 Å². The number of carbonyl (C=O) groups is 3. The first kappa shape index (κ1) is 24.6. The Balaban J connectivity index is 1.48. The van der Waals surface area contributed by atoms with Crippen molar-refractivity contribution < 1.29 is 27.5 Å². The molecule has 188 valence electrons. The van der Waals surface area contributed by atoms with Gasteiger partial charge >= 0.3 is 5.97 Å². The lowest BCUT2D eigenvalue weighted by molar-refractivity contribution is -0.160. The molecule has 0 saturated carbocycles. The van der Waals surface area contributed by atoms with E-state index < -0.39 is 49.8 Å². The van der Waals surface area contributed by atoms with Gasteiger partial charge in [-0.05, 0) is 31.1 Å². The number of carbonyl (C=O) groups excluding carboxylic acids is 3. The van der Waals surface area contributed by atoms with E-state index in [2.05, 4.69) is 0 Å². The van der Waals surface area contributed by atoms with Gasteiger partial charge in [0, 0.05) is 5.56 Å². The molecule has 2 aliphatic rings. The second kappa shape index (κ2) is 9.12. The topological polar surface area (TPSA) is 97.8 Å². The third-order valence-corrected chi connectivity index (χ3v) is 9.73. The van der Waals surface area contributed by atoms with E-state index in [1.165, 1.54) is 13.8 Å². The van der Waals surface area contributed by atoms with Gasteiger partial charge in [0.2, 0.25) is 0 Å². The predicted octanol–water partition coefficient (Wildman–Crippen LogP) is 3.87. The van der Waals surface area contributed by atoms with Crippen molar-refractivity contribution in [2.24, 2.45) is 0 Å². The number of β-lactam (4-membered cyclic amide) rings is 1. The number of amides is 1. The summed E-state index contributed by atoms with van der Waals surface area (Å²) in [5.41, 5.74) is 1.61. The second-order valence-electron chi connectivity index (χ2n) is 9.58. The van der Waals surface area contributed by atoms with Crippen molar-refractivity contribution in [3.05, 3.63) is 119 Å². The average molecular weight is 516 g/mol. The molecule has 1 amide bonds. The summed E-state index contributed by atoms with van der Waals surface area (Å²) in [6, 6.07) is 25.1. The lowest BCUT2D eigenvalue weighted by Gasteiger charge is -2.38. The van der Waals surface area contributed by atoms with E-state index in [4.69, 9.17) is 4.74 Å². The number of sulfone groups is 1. The number of nitrogens with zero attached hydrogens (tertiary/aromatic N) is 1. The number of fused-ring (bicyclic) bond motifs is 1. The molecule has 0 N–H and O–H groups in total. The average Bonchev–Trinajstić information content (AvgIpc) is 3.06. The molecule has 0 bridgehead atoms. The van der Waals surface area contributed by atoms with Gasteiger partial charge in [-0.2, -0.15) is 0 Å². The first-order chi connectivity index (χ1) is 17.6. The first-order valence-electron chi connectivity index (χ1n) is 11.8. The molecule has 2 aliphatic heterocycles. The summed E-state index contributed by atoms with van der Waals surface area (Å²) in [6.07, 6.45) is 0.273. The van der Waals surface area contributed by atoms with E-state index in [1.807, 2.05) is 60.7 Å². The number of ether oxygens (including phenoxy) is 1. The molecule has 7 nitrogen and oxygen atoms in total. The Morgan fingerprint density at radius 3 is 1.86 bits per heavy atom. The molecule has 8 heteroatoms. The molecule has 3 aromatic rings. The van der Waals surface area contributed by atoms with Crippen LogP contribution in [0.15, 0.2) is 103 Å². The minimum atomic E-state index is -4.05. The third kappa shape index (κ3) is 3.97. The van der Waals surface area contributed by atoms with Crippen LogP contribution in [0.4, 0.5) is 0 Å². The summed E-state index contributed by atoms with van der Waals surface area (Å²) in [7, 11) is -4.05. The quantitative estimate of drug-likeness (QED) is 0.214. The Kier molecular flexibility index (Phi) is 6.07. The van der Waals surface area contributed by atoms with Crippen LogP contribution in [0.3, 0.4) is 0 Å². The van der Waals surface area contributed by atoms with E-state index >= 15 is 0 Å². The zero-order valence-electron chi connectivity index (χ0n) is 20.3. The van der Waals surface area contributed by atoms with Gasteiger partial charge in [-0.3, -0.25) is 9.59 Å². The minimum Gasteiger partial charge on any atom is -0.451 e. The third-order valence-electron chi connectivity index (χ3n) is 6.97. The van der Waals surface area contributed by atoms with Gasteiger partial charge in [0.25, 0.3) is 5.91 Å². The highest BCUT2D eigenvalue weighted by atomic mass is 32.2. The van der Waals surface area contributed by atoms with Gasteiger partial charge in [-0.25, -0.2) is 13.2 Å². The largest absolute Gasteiger partial charge is 0.451 e. The Hall–Kier alpha value is -4.04. The van der Waals surface area contributed by atoms with Crippen LogP contribution in [0.5, 0.6) is 0 Å². The van der Waals surface area contributed by atoms with Crippen LogP contribution in [-0.2, 0) is 24.2 Å². The van der Waals surface area contributed by atoms with Crippen molar-refractivity contribution in [2.45, 2.75) is 36.1 Å². The molecule has 0 unspecified atom stereocenters. The molecule has 2 saturated heterocycles. The number of hydrogen-bond donors (Lipinski definition) is 0. The Morgan fingerprint density at radius 2 is 1.35 bits per heavy atom. The number of allylic oxidation sites excluding steroid dienone is 1. The number of esters is 1.